The van der Waals surface area contributed by atoms with Gasteiger partial charge in [-0.3, -0.25) is 4.90 Å². The van der Waals surface area contributed by atoms with Gasteiger partial charge in [0.2, 0.25) is 0 Å². The topological polar surface area (TPSA) is 32.7 Å². The SMILES string of the molecule is CN(Cc1ccccc1C#CCCO)C1CCOCC1. The fourth-order valence-corrected chi connectivity index (χ4v) is 2.52. The molecule has 0 spiro atoms. The number of nitrogens with zero attached hydrogens (tertiary/aromatic N) is 1. The number of hydrogen-bond donors (Lipinski definition) is 1. The zero-order valence-electron chi connectivity index (χ0n) is 12.1. The normalized spacial score (nSPS) is 15.9. The van der Waals surface area contributed by atoms with Crippen LogP contribution in [0.4, 0.5) is 0 Å². The van der Waals surface area contributed by atoms with E-state index in [1.165, 1.54) is 5.56 Å². The summed E-state index contributed by atoms with van der Waals surface area (Å²) in [4.78, 5) is 2.40. The van der Waals surface area contributed by atoms with Crippen LogP contribution in [0.5, 0.6) is 0 Å². The molecule has 1 aromatic rings. The summed E-state index contributed by atoms with van der Waals surface area (Å²) >= 11 is 0. The van der Waals surface area contributed by atoms with E-state index < -0.39 is 0 Å². The lowest BCUT2D eigenvalue weighted by atomic mass is 10.0. The highest BCUT2D eigenvalue weighted by atomic mass is 16.5. The fourth-order valence-electron chi connectivity index (χ4n) is 2.52. The van der Waals surface area contributed by atoms with Gasteiger partial charge in [0.05, 0.1) is 6.61 Å². The summed E-state index contributed by atoms with van der Waals surface area (Å²) < 4.78 is 5.42. The van der Waals surface area contributed by atoms with E-state index in [9.17, 15) is 0 Å². The van der Waals surface area contributed by atoms with Crippen LogP contribution in [0.15, 0.2) is 24.3 Å². The first kappa shape index (κ1) is 15.1. The maximum atomic E-state index is 8.81. The highest BCUT2D eigenvalue weighted by Crippen LogP contribution is 2.17. The molecular weight excluding hydrogens is 250 g/mol. The van der Waals surface area contributed by atoms with E-state index in [0.29, 0.717) is 12.5 Å². The lowest BCUT2D eigenvalue weighted by Gasteiger charge is -2.31. The Bertz CT molecular complexity index is 469. The maximum absolute atomic E-state index is 8.81. The minimum atomic E-state index is 0.122. The highest BCUT2D eigenvalue weighted by molar-refractivity contribution is 5.41. The first-order valence-corrected chi connectivity index (χ1v) is 7.27. The Hall–Kier alpha value is -1.34. The summed E-state index contributed by atoms with van der Waals surface area (Å²) in [5.41, 5.74) is 2.33. The molecule has 0 bridgehead atoms. The van der Waals surface area contributed by atoms with Crippen molar-refractivity contribution in [3.63, 3.8) is 0 Å². The van der Waals surface area contributed by atoms with Crippen LogP contribution in [0.3, 0.4) is 0 Å². The molecule has 0 unspecified atom stereocenters. The van der Waals surface area contributed by atoms with Crippen LogP contribution >= 0.6 is 0 Å². The predicted molar refractivity (Wildman–Crippen MR) is 80.3 cm³/mol. The molecule has 108 valence electrons. The minimum Gasteiger partial charge on any atom is -0.395 e. The van der Waals surface area contributed by atoms with Gasteiger partial charge in [-0.05, 0) is 31.5 Å². The van der Waals surface area contributed by atoms with E-state index in [2.05, 4.69) is 42.0 Å². The average Bonchev–Trinajstić information content (AvgIpc) is 2.50. The quantitative estimate of drug-likeness (QED) is 0.852. The molecule has 0 radical (unpaired) electrons. The van der Waals surface area contributed by atoms with Crippen LogP contribution in [-0.2, 0) is 11.3 Å². The van der Waals surface area contributed by atoms with Crippen molar-refractivity contribution in [2.75, 3.05) is 26.9 Å². The molecule has 3 nitrogen and oxygen atoms in total. The van der Waals surface area contributed by atoms with Crippen LogP contribution in [-0.4, -0.2) is 42.9 Å². The molecule has 1 fully saturated rings. The predicted octanol–water partition coefficient (Wildman–Crippen LogP) is 2.03. The van der Waals surface area contributed by atoms with Gasteiger partial charge < -0.3 is 9.84 Å². The standard InChI is InChI=1S/C17H23NO2/c1-18(17-9-12-20-13-10-17)14-16-8-3-2-6-15(16)7-4-5-11-19/h2-3,6,8,17,19H,5,9-14H2,1H3. The molecule has 20 heavy (non-hydrogen) atoms. The molecule has 0 atom stereocenters. The largest absolute Gasteiger partial charge is 0.395 e. The van der Waals surface area contributed by atoms with Crippen molar-refractivity contribution in [1.82, 2.24) is 4.90 Å². The van der Waals surface area contributed by atoms with E-state index in [-0.39, 0.29) is 6.61 Å². The fraction of sp³-hybridized carbons (Fsp3) is 0.529. The molecule has 1 aromatic carbocycles. The first-order chi connectivity index (χ1) is 9.81. The van der Waals surface area contributed by atoms with Crippen molar-refractivity contribution in [3.05, 3.63) is 35.4 Å². The Morgan fingerprint density at radius 1 is 1.30 bits per heavy atom. The van der Waals surface area contributed by atoms with Crippen molar-refractivity contribution < 1.29 is 9.84 Å². The molecule has 0 amide bonds. The number of rotatable bonds is 4. The van der Waals surface area contributed by atoms with E-state index in [1.54, 1.807) is 0 Å². The number of aliphatic hydroxyl groups excluding tert-OH is 1. The molecule has 0 aromatic heterocycles. The zero-order chi connectivity index (χ0) is 14.2. The molecule has 3 heteroatoms. The third-order valence-electron chi connectivity index (χ3n) is 3.71. The Balaban J connectivity index is 2.03. The third-order valence-corrected chi connectivity index (χ3v) is 3.71. The number of benzene rings is 1. The molecule has 1 aliphatic heterocycles. The Kier molecular flexibility index (Phi) is 6.07. The summed E-state index contributed by atoms with van der Waals surface area (Å²) in [7, 11) is 2.17. The Morgan fingerprint density at radius 3 is 2.80 bits per heavy atom. The molecule has 0 aliphatic carbocycles. The lowest BCUT2D eigenvalue weighted by molar-refractivity contribution is 0.0407. The van der Waals surface area contributed by atoms with Crippen LogP contribution in [0.2, 0.25) is 0 Å². The second-order valence-corrected chi connectivity index (χ2v) is 5.19. The van der Waals surface area contributed by atoms with Gasteiger partial charge in [-0.15, -0.1) is 0 Å². The van der Waals surface area contributed by atoms with E-state index >= 15 is 0 Å². The van der Waals surface area contributed by atoms with E-state index in [1.807, 2.05) is 6.07 Å². The second kappa shape index (κ2) is 8.06. The molecular formula is C17H23NO2. The number of aliphatic hydroxyl groups is 1. The van der Waals surface area contributed by atoms with Crippen molar-refractivity contribution in [2.45, 2.75) is 31.8 Å². The molecule has 1 saturated heterocycles. The van der Waals surface area contributed by atoms with Crippen LogP contribution in [0, 0.1) is 11.8 Å². The number of ether oxygens (including phenoxy) is 1. The molecule has 1 heterocycles. The number of hydrogen-bond acceptors (Lipinski definition) is 3. The monoisotopic (exact) mass is 273 g/mol. The maximum Gasteiger partial charge on any atom is 0.0540 e. The summed E-state index contributed by atoms with van der Waals surface area (Å²) in [6.07, 6.45) is 2.74. The van der Waals surface area contributed by atoms with E-state index in [0.717, 1.165) is 38.2 Å². The first-order valence-electron chi connectivity index (χ1n) is 7.27. The Labute approximate surface area is 121 Å². The second-order valence-electron chi connectivity index (χ2n) is 5.19. The smallest absolute Gasteiger partial charge is 0.0540 e. The average molecular weight is 273 g/mol. The van der Waals surface area contributed by atoms with Gasteiger partial charge in [0, 0.05) is 37.8 Å². The summed E-state index contributed by atoms with van der Waals surface area (Å²) in [6, 6.07) is 8.86. The summed E-state index contributed by atoms with van der Waals surface area (Å²) in [5.74, 6) is 6.17. The molecule has 2 rings (SSSR count). The lowest BCUT2D eigenvalue weighted by Crippen LogP contribution is -2.36. The van der Waals surface area contributed by atoms with Crippen LogP contribution in [0.1, 0.15) is 30.4 Å². The van der Waals surface area contributed by atoms with Gasteiger partial charge in [-0.2, -0.15) is 0 Å². The van der Waals surface area contributed by atoms with Gasteiger partial charge in [0.1, 0.15) is 0 Å². The molecule has 1 aliphatic rings. The molecule has 1 N–H and O–H groups in total. The van der Waals surface area contributed by atoms with Crippen LogP contribution < -0.4 is 0 Å². The van der Waals surface area contributed by atoms with Gasteiger partial charge in [0.25, 0.3) is 0 Å². The van der Waals surface area contributed by atoms with Gasteiger partial charge in [0.15, 0.2) is 0 Å². The van der Waals surface area contributed by atoms with Crippen molar-refractivity contribution in [2.24, 2.45) is 0 Å². The van der Waals surface area contributed by atoms with Crippen molar-refractivity contribution in [1.29, 1.82) is 0 Å². The van der Waals surface area contributed by atoms with Crippen molar-refractivity contribution >= 4 is 0 Å². The summed E-state index contributed by atoms with van der Waals surface area (Å²) in [6.45, 7) is 2.77. The van der Waals surface area contributed by atoms with E-state index in [4.69, 9.17) is 9.84 Å². The minimum absolute atomic E-state index is 0.122. The van der Waals surface area contributed by atoms with Crippen molar-refractivity contribution in [3.8, 4) is 11.8 Å². The van der Waals surface area contributed by atoms with Gasteiger partial charge in [-0.1, -0.05) is 30.0 Å². The Morgan fingerprint density at radius 2 is 2.05 bits per heavy atom. The van der Waals surface area contributed by atoms with Gasteiger partial charge in [-0.25, -0.2) is 0 Å². The highest BCUT2D eigenvalue weighted by Gasteiger charge is 2.18. The van der Waals surface area contributed by atoms with Gasteiger partial charge >= 0.3 is 0 Å². The summed E-state index contributed by atoms with van der Waals surface area (Å²) in [5, 5.41) is 8.81. The van der Waals surface area contributed by atoms with Crippen LogP contribution in [0.25, 0.3) is 0 Å². The molecule has 0 saturated carbocycles. The zero-order valence-corrected chi connectivity index (χ0v) is 12.1. The third kappa shape index (κ3) is 4.35.